The molecule has 1 aliphatic rings. The van der Waals surface area contributed by atoms with Crippen molar-refractivity contribution in [2.75, 3.05) is 32.8 Å². The molecule has 0 heterocycles. The summed E-state index contributed by atoms with van der Waals surface area (Å²) in [4.78, 5) is 2.53. The zero-order valence-electron chi connectivity index (χ0n) is 12.3. The molecule has 0 amide bonds. The van der Waals surface area contributed by atoms with Crippen LogP contribution in [-0.4, -0.2) is 48.8 Å². The molecular formula is C15H32N2O. The van der Waals surface area contributed by atoms with Crippen LogP contribution in [0.3, 0.4) is 0 Å². The van der Waals surface area contributed by atoms with Crippen LogP contribution in [0.15, 0.2) is 0 Å². The standard InChI is InChI=1S/C15H32N2O/c1-3-9-16-12-14(2)13-17(10-11-18)15-7-5-4-6-8-15/h14-16,18H,3-13H2,1-2H3. The molecule has 108 valence electrons. The zero-order chi connectivity index (χ0) is 13.2. The fraction of sp³-hybridized carbons (Fsp3) is 1.00. The van der Waals surface area contributed by atoms with E-state index in [2.05, 4.69) is 24.1 Å². The van der Waals surface area contributed by atoms with Crippen molar-refractivity contribution in [1.29, 1.82) is 0 Å². The number of nitrogens with zero attached hydrogens (tertiary/aromatic N) is 1. The minimum Gasteiger partial charge on any atom is -0.395 e. The maximum Gasteiger partial charge on any atom is 0.0558 e. The van der Waals surface area contributed by atoms with Crippen LogP contribution in [-0.2, 0) is 0 Å². The maximum absolute atomic E-state index is 9.24. The first-order chi connectivity index (χ1) is 8.77. The van der Waals surface area contributed by atoms with Gasteiger partial charge in [-0.15, -0.1) is 0 Å². The van der Waals surface area contributed by atoms with E-state index < -0.39 is 0 Å². The largest absolute Gasteiger partial charge is 0.395 e. The second-order valence-corrected chi connectivity index (χ2v) is 5.82. The molecule has 0 bridgehead atoms. The monoisotopic (exact) mass is 256 g/mol. The van der Waals surface area contributed by atoms with Crippen LogP contribution in [0, 0.1) is 5.92 Å². The van der Waals surface area contributed by atoms with Crippen LogP contribution < -0.4 is 5.32 Å². The van der Waals surface area contributed by atoms with Gasteiger partial charge in [-0.05, 0) is 38.3 Å². The number of hydrogen-bond acceptors (Lipinski definition) is 3. The number of rotatable bonds is 9. The molecule has 0 aromatic rings. The van der Waals surface area contributed by atoms with Crippen molar-refractivity contribution in [3.05, 3.63) is 0 Å². The Bertz CT molecular complexity index is 193. The lowest BCUT2D eigenvalue weighted by Crippen LogP contribution is -2.43. The zero-order valence-corrected chi connectivity index (χ0v) is 12.3. The Morgan fingerprint density at radius 1 is 1.28 bits per heavy atom. The summed E-state index contributed by atoms with van der Waals surface area (Å²) in [6.07, 6.45) is 8.00. The number of aliphatic hydroxyl groups is 1. The smallest absolute Gasteiger partial charge is 0.0558 e. The van der Waals surface area contributed by atoms with Crippen LogP contribution in [0.25, 0.3) is 0 Å². The molecule has 1 saturated carbocycles. The minimum atomic E-state index is 0.297. The molecular weight excluding hydrogens is 224 g/mol. The van der Waals surface area contributed by atoms with E-state index in [1.807, 2.05) is 0 Å². The lowest BCUT2D eigenvalue weighted by molar-refractivity contribution is 0.108. The molecule has 1 aliphatic carbocycles. The lowest BCUT2D eigenvalue weighted by Gasteiger charge is -2.35. The molecule has 1 rings (SSSR count). The average molecular weight is 256 g/mol. The molecule has 0 saturated heterocycles. The van der Waals surface area contributed by atoms with Crippen LogP contribution in [0.2, 0.25) is 0 Å². The molecule has 18 heavy (non-hydrogen) atoms. The van der Waals surface area contributed by atoms with Crippen molar-refractivity contribution >= 4 is 0 Å². The topological polar surface area (TPSA) is 35.5 Å². The van der Waals surface area contributed by atoms with E-state index in [4.69, 9.17) is 0 Å². The third-order valence-corrected chi connectivity index (χ3v) is 3.94. The third kappa shape index (κ3) is 6.17. The summed E-state index contributed by atoms with van der Waals surface area (Å²) in [5.41, 5.74) is 0. The SMILES string of the molecule is CCCNCC(C)CN(CCO)C1CCCCC1. The van der Waals surface area contributed by atoms with Gasteiger partial charge in [0.05, 0.1) is 6.61 Å². The lowest BCUT2D eigenvalue weighted by atomic mass is 9.93. The summed E-state index contributed by atoms with van der Waals surface area (Å²) in [6.45, 7) is 9.01. The second-order valence-electron chi connectivity index (χ2n) is 5.82. The Kier molecular flexibility index (Phi) is 8.64. The molecule has 1 unspecified atom stereocenters. The Labute approximate surface area is 113 Å². The molecule has 0 radical (unpaired) electrons. The van der Waals surface area contributed by atoms with Crippen molar-refractivity contribution in [2.45, 2.75) is 58.4 Å². The van der Waals surface area contributed by atoms with Crippen molar-refractivity contribution in [3.63, 3.8) is 0 Å². The van der Waals surface area contributed by atoms with Crippen molar-refractivity contribution in [1.82, 2.24) is 10.2 Å². The summed E-state index contributed by atoms with van der Waals surface area (Å²) in [5.74, 6) is 0.671. The van der Waals surface area contributed by atoms with Crippen molar-refractivity contribution in [3.8, 4) is 0 Å². The number of nitrogens with one attached hydrogen (secondary N) is 1. The van der Waals surface area contributed by atoms with E-state index in [9.17, 15) is 5.11 Å². The van der Waals surface area contributed by atoms with Gasteiger partial charge in [0.1, 0.15) is 0 Å². The van der Waals surface area contributed by atoms with Gasteiger partial charge < -0.3 is 10.4 Å². The summed E-state index contributed by atoms with van der Waals surface area (Å²) in [5, 5.41) is 12.7. The Morgan fingerprint density at radius 2 is 2.00 bits per heavy atom. The number of hydrogen-bond donors (Lipinski definition) is 2. The van der Waals surface area contributed by atoms with Gasteiger partial charge in [0.2, 0.25) is 0 Å². The fourth-order valence-corrected chi connectivity index (χ4v) is 2.99. The summed E-state index contributed by atoms with van der Waals surface area (Å²) >= 11 is 0. The van der Waals surface area contributed by atoms with Crippen molar-refractivity contribution in [2.24, 2.45) is 5.92 Å². The van der Waals surface area contributed by atoms with Crippen LogP contribution in [0.1, 0.15) is 52.4 Å². The Morgan fingerprint density at radius 3 is 2.61 bits per heavy atom. The maximum atomic E-state index is 9.24. The molecule has 0 aromatic heterocycles. The molecule has 3 heteroatoms. The van der Waals surface area contributed by atoms with E-state index >= 15 is 0 Å². The van der Waals surface area contributed by atoms with E-state index in [0.29, 0.717) is 12.5 Å². The first kappa shape index (κ1) is 15.9. The normalized spacial score (nSPS) is 19.3. The molecule has 1 fully saturated rings. The van der Waals surface area contributed by atoms with Crippen LogP contribution >= 0.6 is 0 Å². The van der Waals surface area contributed by atoms with E-state index in [1.54, 1.807) is 0 Å². The summed E-state index contributed by atoms with van der Waals surface area (Å²) in [6, 6.07) is 0.722. The van der Waals surface area contributed by atoms with Gasteiger partial charge in [-0.3, -0.25) is 4.90 Å². The van der Waals surface area contributed by atoms with Crippen LogP contribution in [0.4, 0.5) is 0 Å². The second kappa shape index (κ2) is 9.76. The van der Waals surface area contributed by atoms with Gasteiger partial charge in [-0.25, -0.2) is 0 Å². The molecule has 0 aromatic carbocycles. The van der Waals surface area contributed by atoms with Gasteiger partial charge >= 0.3 is 0 Å². The van der Waals surface area contributed by atoms with E-state index in [-0.39, 0.29) is 0 Å². The molecule has 3 nitrogen and oxygen atoms in total. The highest BCUT2D eigenvalue weighted by molar-refractivity contribution is 4.77. The van der Waals surface area contributed by atoms with Gasteiger partial charge in [-0.2, -0.15) is 0 Å². The highest BCUT2D eigenvalue weighted by atomic mass is 16.3. The first-order valence-electron chi connectivity index (χ1n) is 7.83. The van der Waals surface area contributed by atoms with Gasteiger partial charge in [0.25, 0.3) is 0 Å². The molecule has 0 spiro atoms. The third-order valence-electron chi connectivity index (χ3n) is 3.94. The number of aliphatic hydroxyl groups excluding tert-OH is 1. The van der Waals surface area contributed by atoms with Gasteiger partial charge in [0.15, 0.2) is 0 Å². The quantitative estimate of drug-likeness (QED) is 0.621. The first-order valence-corrected chi connectivity index (χ1v) is 7.83. The average Bonchev–Trinajstić information content (AvgIpc) is 2.39. The van der Waals surface area contributed by atoms with Gasteiger partial charge in [-0.1, -0.05) is 33.1 Å². The predicted molar refractivity (Wildman–Crippen MR) is 77.9 cm³/mol. The summed E-state index contributed by atoms with van der Waals surface area (Å²) < 4.78 is 0. The highest BCUT2D eigenvalue weighted by Crippen LogP contribution is 2.23. The highest BCUT2D eigenvalue weighted by Gasteiger charge is 2.21. The fourth-order valence-electron chi connectivity index (χ4n) is 2.99. The predicted octanol–water partition coefficient (Wildman–Crippen LogP) is 2.25. The molecule has 0 aliphatic heterocycles. The Balaban J connectivity index is 2.31. The van der Waals surface area contributed by atoms with Crippen molar-refractivity contribution < 1.29 is 5.11 Å². The molecule has 1 atom stereocenters. The van der Waals surface area contributed by atoms with Gasteiger partial charge in [0, 0.05) is 19.1 Å². The van der Waals surface area contributed by atoms with E-state index in [0.717, 1.165) is 32.2 Å². The Hall–Kier alpha value is -0.120. The van der Waals surface area contributed by atoms with Crippen LogP contribution in [0.5, 0.6) is 0 Å². The minimum absolute atomic E-state index is 0.297. The molecule has 2 N–H and O–H groups in total. The summed E-state index contributed by atoms with van der Waals surface area (Å²) in [7, 11) is 0. The van der Waals surface area contributed by atoms with E-state index in [1.165, 1.54) is 38.5 Å².